The topological polar surface area (TPSA) is 84.5 Å². The molecular weight excluding hydrogens is 390 g/mol. The van der Waals surface area contributed by atoms with Crippen LogP contribution in [0.15, 0.2) is 41.3 Å². The van der Waals surface area contributed by atoms with Crippen LogP contribution in [0.1, 0.15) is 18.0 Å². The first-order chi connectivity index (χ1) is 12.4. The molecule has 2 N–H and O–H groups in total. The molecule has 3 aliphatic heterocycles. The molecule has 0 bridgehead atoms. The van der Waals surface area contributed by atoms with Crippen molar-refractivity contribution in [3.63, 3.8) is 0 Å². The Morgan fingerprint density at radius 1 is 1.35 bits per heavy atom. The molecule has 9 heteroatoms. The lowest BCUT2D eigenvalue weighted by Gasteiger charge is -2.20. The van der Waals surface area contributed by atoms with E-state index in [-0.39, 0.29) is 35.4 Å². The number of benzene rings is 1. The van der Waals surface area contributed by atoms with Gasteiger partial charge in [0.05, 0.1) is 17.0 Å². The second-order valence-corrected chi connectivity index (χ2v) is 10.6. The molecule has 138 valence electrons. The van der Waals surface area contributed by atoms with Gasteiger partial charge in [-0.05, 0) is 5.56 Å². The van der Waals surface area contributed by atoms with Gasteiger partial charge in [0.15, 0.2) is 0 Å². The van der Waals surface area contributed by atoms with Crippen LogP contribution in [-0.2, 0) is 19.2 Å². The summed E-state index contributed by atoms with van der Waals surface area (Å²) in [6, 6.07) is 9.82. The van der Waals surface area contributed by atoms with E-state index in [0.29, 0.717) is 22.2 Å². The summed E-state index contributed by atoms with van der Waals surface area (Å²) in [7, 11) is -3.07. The van der Waals surface area contributed by atoms with Crippen LogP contribution in [0.3, 0.4) is 0 Å². The van der Waals surface area contributed by atoms with Gasteiger partial charge in [-0.1, -0.05) is 60.4 Å². The van der Waals surface area contributed by atoms with Crippen molar-refractivity contribution in [3.8, 4) is 0 Å². The second kappa shape index (κ2) is 7.14. The molecule has 4 atom stereocenters. The van der Waals surface area contributed by atoms with Crippen LogP contribution in [0.2, 0.25) is 0 Å². The SMILES string of the molecule is O=C1/C(=C/C2CNNC2c2ccccc2)SC(=S)N1C1CC[S+](=O)([O-])C1. The number of hydrogen-bond donors (Lipinski definition) is 2. The minimum absolute atomic E-state index is 0.00585. The molecule has 3 saturated heterocycles. The molecule has 1 amide bonds. The van der Waals surface area contributed by atoms with Crippen molar-refractivity contribution in [1.29, 1.82) is 0 Å². The lowest BCUT2D eigenvalue weighted by Crippen LogP contribution is -2.39. The Morgan fingerprint density at radius 2 is 2.12 bits per heavy atom. The number of nitrogens with zero attached hydrogens (tertiary/aromatic N) is 1. The molecule has 1 aromatic carbocycles. The van der Waals surface area contributed by atoms with Gasteiger partial charge >= 0.3 is 0 Å². The molecule has 0 radical (unpaired) electrons. The molecule has 4 rings (SSSR count). The first-order valence-corrected chi connectivity index (χ1v) is 11.5. The quantitative estimate of drug-likeness (QED) is 0.446. The molecule has 0 spiro atoms. The van der Waals surface area contributed by atoms with E-state index in [2.05, 4.69) is 23.0 Å². The third-order valence-electron chi connectivity index (χ3n) is 4.94. The van der Waals surface area contributed by atoms with Gasteiger partial charge in [0.2, 0.25) is 0 Å². The maximum Gasteiger partial charge on any atom is 0.266 e. The van der Waals surface area contributed by atoms with E-state index in [1.54, 1.807) is 0 Å². The molecule has 6 nitrogen and oxygen atoms in total. The molecule has 0 aromatic heterocycles. The Labute approximate surface area is 163 Å². The van der Waals surface area contributed by atoms with Crippen molar-refractivity contribution in [2.75, 3.05) is 18.1 Å². The summed E-state index contributed by atoms with van der Waals surface area (Å²) in [5.41, 5.74) is 7.57. The van der Waals surface area contributed by atoms with E-state index < -0.39 is 10.2 Å². The van der Waals surface area contributed by atoms with Crippen molar-refractivity contribution >= 4 is 44.4 Å². The fourth-order valence-corrected chi connectivity index (χ4v) is 6.79. The van der Waals surface area contributed by atoms with Gasteiger partial charge in [-0.15, -0.1) is 4.21 Å². The maximum atomic E-state index is 12.9. The van der Waals surface area contributed by atoms with Crippen LogP contribution < -0.4 is 10.9 Å². The van der Waals surface area contributed by atoms with Gasteiger partial charge in [0.25, 0.3) is 5.91 Å². The van der Waals surface area contributed by atoms with Gasteiger partial charge in [0.1, 0.15) is 15.8 Å². The number of carbonyl (C=O) groups excluding carboxylic acids is 1. The van der Waals surface area contributed by atoms with E-state index in [1.165, 1.54) is 16.7 Å². The summed E-state index contributed by atoms with van der Waals surface area (Å²) in [5, 5.41) is 0. The highest BCUT2D eigenvalue weighted by Crippen LogP contribution is 2.38. The van der Waals surface area contributed by atoms with E-state index in [1.807, 2.05) is 24.3 Å². The zero-order valence-corrected chi connectivity index (χ0v) is 16.4. The maximum absolute atomic E-state index is 12.9. The molecule has 0 saturated carbocycles. The van der Waals surface area contributed by atoms with Gasteiger partial charge in [-0.3, -0.25) is 15.1 Å². The Bertz CT molecular complexity index is 814. The average Bonchev–Trinajstić information content (AvgIpc) is 3.28. The Kier molecular flexibility index (Phi) is 5.02. The third-order valence-corrected chi connectivity index (χ3v) is 8.04. The van der Waals surface area contributed by atoms with Gasteiger partial charge in [-0.25, -0.2) is 5.43 Å². The predicted molar refractivity (Wildman–Crippen MR) is 106 cm³/mol. The summed E-state index contributed by atoms with van der Waals surface area (Å²) in [5.74, 6) is 0.0754. The number of thioether (sulfide) groups is 1. The van der Waals surface area contributed by atoms with Crippen LogP contribution in [0.4, 0.5) is 0 Å². The highest BCUT2D eigenvalue weighted by Gasteiger charge is 2.44. The summed E-state index contributed by atoms with van der Waals surface area (Å²) < 4.78 is 24.0. The fraction of sp³-hybridized carbons (Fsp3) is 0.412. The number of rotatable bonds is 3. The van der Waals surface area contributed by atoms with Gasteiger partial charge in [-0.2, -0.15) is 0 Å². The van der Waals surface area contributed by atoms with E-state index in [9.17, 15) is 13.6 Å². The summed E-state index contributed by atoms with van der Waals surface area (Å²) >= 11 is 6.64. The van der Waals surface area contributed by atoms with Crippen molar-refractivity contribution in [1.82, 2.24) is 15.8 Å². The van der Waals surface area contributed by atoms with Crippen molar-refractivity contribution in [3.05, 3.63) is 46.9 Å². The number of nitrogens with one attached hydrogen (secondary N) is 2. The molecule has 26 heavy (non-hydrogen) atoms. The molecule has 3 fully saturated rings. The number of amides is 1. The largest absolute Gasteiger partial charge is 0.615 e. The second-order valence-electron chi connectivity index (χ2n) is 6.71. The standard InChI is InChI=1S/C17H19N3O3S3/c21-16-14(25-17(24)20(16)13-6-7-26(22,23)10-13)8-12-9-18-19-15(12)11-4-2-1-3-5-11/h1-5,8,12-13,15,18-19H,6-7,9-10H2/b14-8-. The summed E-state index contributed by atoms with van der Waals surface area (Å²) in [6.45, 7) is 0.710. The van der Waals surface area contributed by atoms with Crippen LogP contribution in [0.25, 0.3) is 0 Å². The highest BCUT2D eigenvalue weighted by molar-refractivity contribution is 8.26. The first-order valence-electron chi connectivity index (χ1n) is 8.45. The highest BCUT2D eigenvalue weighted by atomic mass is 32.3. The lowest BCUT2D eigenvalue weighted by atomic mass is 9.94. The number of hydrazine groups is 1. The smallest absolute Gasteiger partial charge is 0.266 e. The first kappa shape index (κ1) is 18.3. The summed E-state index contributed by atoms with van der Waals surface area (Å²) in [4.78, 5) is 15.0. The number of thiocarbonyl (C=S) groups is 1. The monoisotopic (exact) mass is 409 g/mol. The average molecular weight is 410 g/mol. The molecule has 4 unspecified atom stereocenters. The number of carbonyl (C=O) groups is 1. The number of hydrogen-bond acceptors (Lipinski definition) is 7. The molecule has 3 aliphatic rings. The van der Waals surface area contributed by atoms with Crippen LogP contribution >= 0.6 is 24.0 Å². The minimum Gasteiger partial charge on any atom is -0.615 e. The lowest BCUT2D eigenvalue weighted by molar-refractivity contribution is -0.123. The van der Waals surface area contributed by atoms with Gasteiger partial charge < -0.3 is 4.55 Å². The van der Waals surface area contributed by atoms with Crippen LogP contribution in [0, 0.1) is 5.92 Å². The summed E-state index contributed by atoms with van der Waals surface area (Å²) in [6.07, 6.45) is 2.43. The van der Waals surface area contributed by atoms with E-state index in [4.69, 9.17) is 12.2 Å². The van der Waals surface area contributed by atoms with Gasteiger partial charge in [0, 0.05) is 29.1 Å². The predicted octanol–water partition coefficient (Wildman–Crippen LogP) is 1.60. The number of sulfone groups is 1. The Morgan fingerprint density at radius 3 is 2.81 bits per heavy atom. The molecule has 3 heterocycles. The Balaban J connectivity index is 1.54. The van der Waals surface area contributed by atoms with Crippen molar-refractivity contribution in [2.24, 2.45) is 5.92 Å². The zero-order chi connectivity index (χ0) is 18.3. The molecule has 0 aliphatic carbocycles. The van der Waals surface area contributed by atoms with E-state index >= 15 is 0 Å². The Hall–Kier alpha value is -1.10. The third kappa shape index (κ3) is 3.51. The van der Waals surface area contributed by atoms with E-state index in [0.717, 1.165) is 5.56 Å². The molecule has 1 aromatic rings. The van der Waals surface area contributed by atoms with Crippen LogP contribution in [0.5, 0.6) is 0 Å². The fourth-order valence-electron chi connectivity index (χ4n) is 3.64. The van der Waals surface area contributed by atoms with Crippen LogP contribution in [-0.4, -0.2) is 43.8 Å². The minimum atomic E-state index is -3.07. The normalized spacial score (nSPS) is 36.4. The van der Waals surface area contributed by atoms with Crippen molar-refractivity contribution < 1.29 is 13.6 Å². The molecular formula is C17H19N3O3S3. The van der Waals surface area contributed by atoms with Crippen molar-refractivity contribution in [2.45, 2.75) is 18.5 Å². The zero-order valence-electron chi connectivity index (χ0n) is 13.9.